The van der Waals surface area contributed by atoms with Crippen LogP contribution in [-0.4, -0.2) is 13.5 Å². The van der Waals surface area contributed by atoms with Gasteiger partial charge in [0, 0.05) is 9.75 Å². The monoisotopic (exact) mass is 331 g/mol. The van der Waals surface area contributed by atoms with E-state index < -0.39 is 10.0 Å². The van der Waals surface area contributed by atoms with Crippen LogP contribution < -0.4 is 4.72 Å². The molecule has 0 spiro atoms. The van der Waals surface area contributed by atoms with Gasteiger partial charge in [0.1, 0.15) is 4.90 Å². The molecule has 0 aliphatic heterocycles. The van der Waals surface area contributed by atoms with E-state index in [1.807, 2.05) is 0 Å². The first kappa shape index (κ1) is 15.3. The highest BCUT2D eigenvalue weighted by Crippen LogP contribution is 2.31. The van der Waals surface area contributed by atoms with Crippen LogP contribution in [0.15, 0.2) is 29.2 Å². The first-order chi connectivity index (χ1) is 9.35. The van der Waals surface area contributed by atoms with Crippen LogP contribution in [0.25, 0.3) is 0 Å². The number of aliphatic hydroxyl groups excluding tert-OH is 1. The quantitative estimate of drug-likeness (QED) is 0.903. The SMILES string of the molecule is Cc1cccc(Cl)c1NS(=O)(=O)c1cc(CO)sc1C. The van der Waals surface area contributed by atoms with Crippen LogP contribution in [0.1, 0.15) is 15.3 Å². The van der Waals surface area contributed by atoms with E-state index in [2.05, 4.69) is 4.72 Å². The highest BCUT2D eigenvalue weighted by atomic mass is 35.5. The van der Waals surface area contributed by atoms with Crippen molar-refractivity contribution in [2.45, 2.75) is 25.3 Å². The van der Waals surface area contributed by atoms with Gasteiger partial charge in [0.15, 0.2) is 0 Å². The molecule has 1 aromatic carbocycles. The molecule has 0 bridgehead atoms. The Morgan fingerprint density at radius 1 is 1.35 bits per heavy atom. The number of thiophene rings is 1. The van der Waals surface area contributed by atoms with Crippen molar-refractivity contribution < 1.29 is 13.5 Å². The average molecular weight is 332 g/mol. The molecular weight excluding hydrogens is 318 g/mol. The van der Waals surface area contributed by atoms with Crippen molar-refractivity contribution >= 4 is 38.6 Å². The van der Waals surface area contributed by atoms with Gasteiger partial charge in [0.25, 0.3) is 10.0 Å². The van der Waals surface area contributed by atoms with Crippen LogP contribution in [0.2, 0.25) is 5.02 Å². The molecule has 1 aromatic heterocycles. The lowest BCUT2D eigenvalue weighted by molar-refractivity contribution is 0.285. The predicted octanol–water partition coefficient (Wildman–Crippen LogP) is 3.31. The van der Waals surface area contributed by atoms with Gasteiger partial charge in [-0.3, -0.25) is 4.72 Å². The molecule has 20 heavy (non-hydrogen) atoms. The number of hydrogen-bond acceptors (Lipinski definition) is 4. The van der Waals surface area contributed by atoms with Gasteiger partial charge in [0.2, 0.25) is 0 Å². The first-order valence-electron chi connectivity index (χ1n) is 5.83. The molecule has 2 rings (SSSR count). The summed E-state index contributed by atoms with van der Waals surface area (Å²) in [5.41, 5.74) is 1.13. The number of aliphatic hydroxyl groups is 1. The summed E-state index contributed by atoms with van der Waals surface area (Å²) in [6, 6.07) is 6.65. The van der Waals surface area contributed by atoms with E-state index in [0.29, 0.717) is 20.5 Å². The van der Waals surface area contributed by atoms with E-state index in [1.54, 1.807) is 32.0 Å². The fraction of sp³-hybridized carbons (Fsp3) is 0.231. The maximum absolute atomic E-state index is 12.4. The highest BCUT2D eigenvalue weighted by Gasteiger charge is 2.21. The summed E-state index contributed by atoms with van der Waals surface area (Å²) in [5, 5.41) is 9.44. The third-order valence-corrected chi connectivity index (χ3v) is 5.78. The van der Waals surface area contributed by atoms with Gasteiger partial charge in [-0.05, 0) is 31.5 Å². The Morgan fingerprint density at radius 3 is 2.60 bits per heavy atom. The highest BCUT2D eigenvalue weighted by molar-refractivity contribution is 7.93. The molecule has 108 valence electrons. The smallest absolute Gasteiger partial charge is 0.263 e. The van der Waals surface area contributed by atoms with Gasteiger partial charge in [-0.2, -0.15) is 0 Å². The van der Waals surface area contributed by atoms with Crippen LogP contribution in [0.5, 0.6) is 0 Å². The fourth-order valence-corrected chi connectivity index (χ4v) is 4.79. The number of aryl methyl sites for hydroxylation is 2. The number of hydrogen-bond donors (Lipinski definition) is 2. The van der Waals surface area contributed by atoms with Crippen molar-refractivity contribution in [2.75, 3.05) is 4.72 Å². The number of benzene rings is 1. The molecule has 0 aliphatic carbocycles. The number of para-hydroxylation sites is 1. The van der Waals surface area contributed by atoms with Gasteiger partial charge in [-0.15, -0.1) is 11.3 Å². The molecule has 2 aromatic rings. The molecular formula is C13H14ClNO3S2. The second-order valence-electron chi connectivity index (χ2n) is 4.33. The fourth-order valence-electron chi connectivity index (χ4n) is 1.82. The molecule has 0 radical (unpaired) electrons. The lowest BCUT2D eigenvalue weighted by Crippen LogP contribution is -2.14. The standard InChI is InChI=1S/C13H14ClNO3S2/c1-8-4-3-5-11(14)13(8)15-20(17,18)12-6-10(7-16)19-9(12)2/h3-6,15-16H,7H2,1-2H3. The normalized spacial score (nSPS) is 11.6. The zero-order valence-corrected chi connectivity index (χ0v) is 13.4. The second-order valence-corrected chi connectivity index (χ2v) is 7.73. The number of anilines is 1. The average Bonchev–Trinajstić information content (AvgIpc) is 2.76. The summed E-state index contributed by atoms with van der Waals surface area (Å²) in [4.78, 5) is 1.41. The molecule has 0 unspecified atom stereocenters. The number of nitrogens with one attached hydrogen (secondary N) is 1. The van der Waals surface area contributed by atoms with Crippen LogP contribution >= 0.6 is 22.9 Å². The van der Waals surface area contributed by atoms with Crippen molar-refractivity contribution in [2.24, 2.45) is 0 Å². The van der Waals surface area contributed by atoms with E-state index in [4.69, 9.17) is 16.7 Å². The third-order valence-electron chi connectivity index (χ3n) is 2.83. The molecule has 2 N–H and O–H groups in total. The molecule has 0 amide bonds. The summed E-state index contributed by atoms with van der Waals surface area (Å²) in [7, 11) is -3.71. The molecule has 0 saturated heterocycles. The van der Waals surface area contributed by atoms with E-state index in [1.165, 1.54) is 17.4 Å². The Kier molecular flexibility index (Phi) is 4.39. The molecule has 0 aliphatic rings. The van der Waals surface area contributed by atoms with Crippen LogP contribution in [-0.2, 0) is 16.6 Å². The van der Waals surface area contributed by atoms with Crippen molar-refractivity contribution in [3.8, 4) is 0 Å². The maximum atomic E-state index is 12.4. The molecule has 4 nitrogen and oxygen atoms in total. The number of sulfonamides is 1. The van der Waals surface area contributed by atoms with E-state index in [9.17, 15) is 8.42 Å². The first-order valence-corrected chi connectivity index (χ1v) is 8.51. The largest absolute Gasteiger partial charge is 0.391 e. The van der Waals surface area contributed by atoms with Crippen LogP contribution in [0.3, 0.4) is 0 Å². The minimum Gasteiger partial charge on any atom is -0.391 e. The predicted molar refractivity (Wildman–Crippen MR) is 82.0 cm³/mol. The summed E-state index contributed by atoms with van der Waals surface area (Å²) in [6.45, 7) is 3.31. The van der Waals surface area contributed by atoms with Crippen molar-refractivity contribution in [3.05, 3.63) is 44.6 Å². The summed E-state index contributed by atoms with van der Waals surface area (Å²) < 4.78 is 27.3. The lowest BCUT2D eigenvalue weighted by Gasteiger charge is -2.11. The molecule has 1 heterocycles. The molecule has 7 heteroatoms. The minimum atomic E-state index is -3.71. The van der Waals surface area contributed by atoms with Gasteiger partial charge in [0.05, 0.1) is 17.3 Å². The van der Waals surface area contributed by atoms with Gasteiger partial charge < -0.3 is 5.11 Å². The van der Waals surface area contributed by atoms with Crippen molar-refractivity contribution in [3.63, 3.8) is 0 Å². The van der Waals surface area contributed by atoms with Crippen molar-refractivity contribution in [1.29, 1.82) is 0 Å². The zero-order valence-electron chi connectivity index (χ0n) is 11.0. The van der Waals surface area contributed by atoms with Gasteiger partial charge in [-0.25, -0.2) is 8.42 Å². The van der Waals surface area contributed by atoms with E-state index >= 15 is 0 Å². The number of rotatable bonds is 4. The summed E-state index contributed by atoms with van der Waals surface area (Å²) >= 11 is 7.29. The van der Waals surface area contributed by atoms with Crippen LogP contribution in [0, 0.1) is 13.8 Å². The van der Waals surface area contributed by atoms with Gasteiger partial charge in [-0.1, -0.05) is 23.7 Å². The Bertz CT molecular complexity index is 718. The van der Waals surface area contributed by atoms with Crippen LogP contribution in [0.4, 0.5) is 5.69 Å². The van der Waals surface area contributed by atoms with E-state index in [-0.39, 0.29) is 11.5 Å². The number of halogens is 1. The topological polar surface area (TPSA) is 66.4 Å². The lowest BCUT2D eigenvalue weighted by atomic mass is 10.2. The summed E-state index contributed by atoms with van der Waals surface area (Å²) in [5.74, 6) is 0. The Labute approximate surface area is 127 Å². The summed E-state index contributed by atoms with van der Waals surface area (Å²) in [6.07, 6.45) is 0. The van der Waals surface area contributed by atoms with Crippen molar-refractivity contribution in [1.82, 2.24) is 0 Å². The molecule has 0 fully saturated rings. The minimum absolute atomic E-state index is 0.172. The van der Waals surface area contributed by atoms with E-state index in [0.717, 1.165) is 5.56 Å². The Morgan fingerprint density at radius 2 is 2.05 bits per heavy atom. The maximum Gasteiger partial charge on any atom is 0.263 e. The zero-order chi connectivity index (χ0) is 14.9. The van der Waals surface area contributed by atoms with Gasteiger partial charge >= 0.3 is 0 Å². The Hall–Kier alpha value is -1.08. The molecule has 0 atom stereocenters. The molecule has 0 saturated carbocycles. The Balaban J connectivity index is 2.43. The second kappa shape index (κ2) is 5.73. The third kappa shape index (κ3) is 2.98.